The number of thioether (sulfide) groups is 1. The van der Waals surface area contributed by atoms with E-state index in [-0.39, 0.29) is 5.56 Å². The molecule has 0 unspecified atom stereocenters. The molecule has 4 aromatic heterocycles. The molecular weight excluding hydrogens is 442 g/mol. The lowest BCUT2D eigenvalue weighted by Crippen LogP contribution is -2.13. The van der Waals surface area contributed by atoms with Crippen LogP contribution in [0.2, 0.25) is 5.02 Å². The maximum atomic E-state index is 12.2. The Morgan fingerprint density at radius 1 is 1.27 bits per heavy atom. The van der Waals surface area contributed by atoms with Gasteiger partial charge in [-0.05, 0) is 42.6 Å². The van der Waals surface area contributed by atoms with E-state index in [2.05, 4.69) is 20.3 Å². The number of fused-ring (bicyclic) bond motifs is 1. The molecule has 0 aliphatic carbocycles. The van der Waals surface area contributed by atoms with Gasteiger partial charge in [-0.3, -0.25) is 4.79 Å². The molecule has 1 aromatic carbocycles. The van der Waals surface area contributed by atoms with Gasteiger partial charge in [0.2, 0.25) is 11.0 Å². The highest BCUT2D eigenvalue weighted by Crippen LogP contribution is 2.29. The van der Waals surface area contributed by atoms with Crippen molar-refractivity contribution in [2.75, 3.05) is 0 Å². The molecule has 0 aliphatic heterocycles. The Morgan fingerprint density at radius 3 is 2.97 bits per heavy atom. The normalized spacial score (nSPS) is 11.4. The average molecular weight is 456 g/mol. The smallest absolute Gasteiger partial charge is 0.290 e. The van der Waals surface area contributed by atoms with Crippen LogP contribution < -0.4 is 5.56 Å². The lowest BCUT2D eigenvalue weighted by molar-refractivity contribution is 0.540. The van der Waals surface area contributed by atoms with Crippen LogP contribution in [0.15, 0.2) is 62.2 Å². The maximum absolute atomic E-state index is 12.2. The van der Waals surface area contributed by atoms with Crippen molar-refractivity contribution >= 4 is 40.2 Å². The summed E-state index contributed by atoms with van der Waals surface area (Å²) < 4.78 is 7.40. The average Bonchev–Trinajstić information content (AvgIpc) is 3.47. The fourth-order valence-electron chi connectivity index (χ4n) is 2.97. The molecule has 10 heteroatoms. The zero-order valence-corrected chi connectivity index (χ0v) is 18.0. The first-order chi connectivity index (χ1) is 14.6. The Labute approximate surface area is 183 Å². The first-order valence-electron chi connectivity index (χ1n) is 8.96. The topological polar surface area (TPSA) is 89.1 Å². The van der Waals surface area contributed by atoms with E-state index < -0.39 is 0 Å². The van der Waals surface area contributed by atoms with E-state index in [9.17, 15) is 4.79 Å². The molecule has 0 spiro atoms. The van der Waals surface area contributed by atoms with Gasteiger partial charge in [-0.1, -0.05) is 35.5 Å². The molecule has 0 saturated heterocycles. The van der Waals surface area contributed by atoms with Gasteiger partial charge < -0.3 is 4.42 Å². The summed E-state index contributed by atoms with van der Waals surface area (Å²) in [5.74, 6) is 1.75. The van der Waals surface area contributed by atoms with E-state index >= 15 is 0 Å². The van der Waals surface area contributed by atoms with Gasteiger partial charge in [0.15, 0.2) is 0 Å². The Morgan fingerprint density at radius 2 is 2.17 bits per heavy atom. The highest BCUT2D eigenvalue weighted by atomic mass is 35.5. The summed E-state index contributed by atoms with van der Waals surface area (Å²) >= 11 is 9.06. The van der Waals surface area contributed by atoms with Crippen molar-refractivity contribution in [2.45, 2.75) is 17.8 Å². The SMILES string of the molecule is Cc1oc(-c2cccc(Cl)c2)nc1CSc1n[nH]c(=O)c2cc(-c3cccs3)nn12. The van der Waals surface area contributed by atoms with E-state index in [1.54, 1.807) is 28.0 Å². The summed E-state index contributed by atoms with van der Waals surface area (Å²) in [7, 11) is 0. The fourth-order valence-corrected chi connectivity index (χ4v) is 4.75. The van der Waals surface area contributed by atoms with Crippen LogP contribution in [0.4, 0.5) is 0 Å². The molecule has 0 bridgehead atoms. The van der Waals surface area contributed by atoms with E-state index in [0.717, 1.165) is 27.6 Å². The van der Waals surface area contributed by atoms with Crippen LogP contribution in [0.5, 0.6) is 0 Å². The van der Waals surface area contributed by atoms with Gasteiger partial charge in [0.05, 0.1) is 10.6 Å². The number of aromatic nitrogens is 5. The second kappa shape index (κ2) is 7.75. The molecule has 0 aliphatic rings. The standard InChI is InChI=1S/C20H14ClN5O2S2/c1-11-15(22-19(28-11)12-4-2-5-13(21)8-12)10-30-20-24-23-18(27)16-9-14(25-26(16)20)17-6-3-7-29-17/h2-9H,10H2,1H3,(H,23,27). The lowest BCUT2D eigenvalue weighted by Gasteiger charge is -2.01. The molecule has 5 rings (SSSR count). The second-order valence-electron chi connectivity index (χ2n) is 6.46. The third kappa shape index (κ3) is 3.55. The van der Waals surface area contributed by atoms with Gasteiger partial charge in [-0.2, -0.15) is 5.10 Å². The molecule has 7 nitrogen and oxygen atoms in total. The number of aryl methyl sites for hydroxylation is 1. The Balaban J connectivity index is 1.44. The monoisotopic (exact) mass is 455 g/mol. The van der Waals surface area contributed by atoms with Crippen molar-refractivity contribution in [2.24, 2.45) is 0 Å². The molecule has 0 atom stereocenters. The molecule has 150 valence electrons. The van der Waals surface area contributed by atoms with Crippen LogP contribution in [0, 0.1) is 6.92 Å². The Hall–Kier alpha value is -2.88. The number of rotatable bonds is 5. The number of hydrogen-bond donors (Lipinski definition) is 1. The Bertz CT molecular complexity index is 1400. The van der Waals surface area contributed by atoms with Crippen LogP contribution >= 0.6 is 34.7 Å². The molecule has 0 amide bonds. The van der Waals surface area contributed by atoms with Gasteiger partial charge >= 0.3 is 0 Å². The number of hydrogen-bond acceptors (Lipinski definition) is 7. The minimum atomic E-state index is -0.282. The van der Waals surface area contributed by atoms with E-state index in [4.69, 9.17) is 16.0 Å². The number of benzene rings is 1. The maximum Gasteiger partial charge on any atom is 0.290 e. The predicted molar refractivity (Wildman–Crippen MR) is 118 cm³/mol. The number of thiophene rings is 1. The zero-order valence-electron chi connectivity index (χ0n) is 15.6. The van der Waals surface area contributed by atoms with Crippen molar-refractivity contribution < 1.29 is 4.42 Å². The summed E-state index contributed by atoms with van der Waals surface area (Å²) in [4.78, 5) is 17.8. The van der Waals surface area contributed by atoms with Crippen LogP contribution in [0.1, 0.15) is 11.5 Å². The Kier molecular flexibility index (Phi) is 4.93. The molecule has 1 N–H and O–H groups in total. The zero-order chi connectivity index (χ0) is 20.7. The molecule has 4 heterocycles. The first kappa shape index (κ1) is 19.1. The van der Waals surface area contributed by atoms with Crippen molar-refractivity contribution in [1.29, 1.82) is 0 Å². The van der Waals surface area contributed by atoms with E-state index in [1.165, 1.54) is 11.8 Å². The van der Waals surface area contributed by atoms with Crippen molar-refractivity contribution in [3.63, 3.8) is 0 Å². The van der Waals surface area contributed by atoms with Gasteiger partial charge in [0.1, 0.15) is 17.0 Å². The van der Waals surface area contributed by atoms with E-state index in [1.807, 2.05) is 42.6 Å². The molecule has 5 aromatic rings. The summed E-state index contributed by atoms with van der Waals surface area (Å²) in [6.07, 6.45) is 0. The second-order valence-corrected chi connectivity index (χ2v) is 8.79. The van der Waals surface area contributed by atoms with Gasteiger partial charge in [-0.25, -0.2) is 14.6 Å². The molecule has 0 radical (unpaired) electrons. The quantitative estimate of drug-likeness (QED) is 0.373. The number of nitrogens with one attached hydrogen (secondary N) is 1. The molecule has 0 fully saturated rings. The molecule has 0 saturated carbocycles. The van der Waals surface area contributed by atoms with Crippen LogP contribution in [0.3, 0.4) is 0 Å². The number of nitrogens with zero attached hydrogens (tertiary/aromatic N) is 4. The van der Waals surface area contributed by atoms with Crippen LogP contribution in [-0.2, 0) is 5.75 Å². The number of halogens is 1. The third-order valence-electron chi connectivity index (χ3n) is 4.45. The molecular formula is C20H14ClN5O2S2. The minimum absolute atomic E-state index is 0.282. The number of oxazole rings is 1. The highest BCUT2D eigenvalue weighted by molar-refractivity contribution is 7.98. The van der Waals surface area contributed by atoms with Crippen molar-refractivity contribution in [3.8, 4) is 22.0 Å². The minimum Gasteiger partial charge on any atom is -0.441 e. The van der Waals surface area contributed by atoms with Crippen molar-refractivity contribution in [3.05, 3.63) is 74.7 Å². The van der Waals surface area contributed by atoms with Crippen LogP contribution in [0.25, 0.3) is 27.5 Å². The third-order valence-corrected chi connectivity index (χ3v) is 6.52. The predicted octanol–water partition coefficient (Wildman–Crippen LogP) is 5.06. The van der Waals surface area contributed by atoms with E-state index in [0.29, 0.717) is 27.3 Å². The summed E-state index contributed by atoms with van der Waals surface area (Å²) in [5, 5.41) is 14.5. The molecule has 30 heavy (non-hydrogen) atoms. The number of H-pyrrole nitrogens is 1. The van der Waals surface area contributed by atoms with Gasteiger partial charge in [-0.15, -0.1) is 16.4 Å². The van der Waals surface area contributed by atoms with Gasteiger partial charge in [0.25, 0.3) is 5.56 Å². The summed E-state index contributed by atoms with van der Waals surface area (Å²) in [6, 6.07) is 13.1. The van der Waals surface area contributed by atoms with Crippen LogP contribution in [-0.4, -0.2) is 24.8 Å². The summed E-state index contributed by atoms with van der Waals surface area (Å²) in [6.45, 7) is 1.87. The fraction of sp³-hybridized carbons (Fsp3) is 0.100. The lowest BCUT2D eigenvalue weighted by atomic mass is 10.2. The van der Waals surface area contributed by atoms with Crippen molar-refractivity contribution in [1.82, 2.24) is 24.8 Å². The summed E-state index contributed by atoms with van der Waals surface area (Å²) in [5.41, 5.74) is 2.52. The first-order valence-corrected chi connectivity index (χ1v) is 11.2. The largest absolute Gasteiger partial charge is 0.441 e. The van der Waals surface area contributed by atoms with Gasteiger partial charge in [0, 0.05) is 16.3 Å². The number of aromatic amines is 1. The highest BCUT2D eigenvalue weighted by Gasteiger charge is 2.16.